The van der Waals surface area contributed by atoms with Crippen molar-refractivity contribution in [3.8, 4) is 5.88 Å². The number of hydrogen-bond acceptors (Lipinski definition) is 5. The first-order valence-corrected chi connectivity index (χ1v) is 5.36. The van der Waals surface area contributed by atoms with Gasteiger partial charge in [-0.25, -0.2) is 10.2 Å². The molecule has 0 saturated carbocycles. The normalized spacial score (nSPS) is 9.88. The molecular weight excluding hydrogens is 269 g/mol. The Kier molecular flexibility index (Phi) is 5.27. The molecule has 0 amide bonds. The van der Waals surface area contributed by atoms with Crippen molar-refractivity contribution in [3.63, 3.8) is 0 Å². The Morgan fingerprint density at radius 1 is 1.65 bits per heavy atom. The third kappa shape index (κ3) is 5.08. The van der Waals surface area contributed by atoms with Gasteiger partial charge in [0.15, 0.2) is 5.82 Å². The molecule has 0 aliphatic rings. The van der Waals surface area contributed by atoms with E-state index in [1.807, 2.05) is 0 Å². The Morgan fingerprint density at radius 3 is 2.94 bits per heavy atom. The van der Waals surface area contributed by atoms with Gasteiger partial charge >= 0.3 is 5.97 Å². The van der Waals surface area contributed by atoms with E-state index in [-0.39, 0.29) is 11.1 Å². The lowest BCUT2D eigenvalue weighted by Gasteiger charge is -1.99. The largest absolute Gasteiger partial charge is 0.408 e. The Balaban J connectivity index is 2.49. The van der Waals surface area contributed by atoms with Crippen LogP contribution in [-0.4, -0.2) is 22.4 Å². The van der Waals surface area contributed by atoms with Gasteiger partial charge < -0.3 is 4.74 Å². The highest BCUT2D eigenvalue weighted by Crippen LogP contribution is 2.16. The zero-order valence-electron chi connectivity index (χ0n) is 9.24. The number of rotatable bonds is 5. The van der Waals surface area contributed by atoms with Crippen LogP contribution in [0.5, 0.6) is 5.88 Å². The summed E-state index contributed by atoms with van der Waals surface area (Å²) in [4.78, 5) is 15.8. The summed E-state index contributed by atoms with van der Waals surface area (Å²) < 4.78 is 6.40. The predicted octanol–water partition coefficient (Wildman–Crippen LogP) is 2.01. The second-order valence-electron chi connectivity index (χ2n) is 2.99. The third-order valence-corrected chi connectivity index (χ3v) is 1.89. The highest BCUT2D eigenvalue weighted by molar-refractivity contribution is 6.55. The fourth-order valence-electron chi connectivity index (χ4n) is 0.963. The van der Waals surface area contributed by atoms with Crippen molar-refractivity contribution in [1.82, 2.24) is 9.78 Å². The number of anilines is 1. The van der Waals surface area contributed by atoms with Crippen molar-refractivity contribution in [2.24, 2.45) is 7.05 Å². The SMILES string of the molecule is CC(=O)Oc1cc(NOCC=C(Cl)Cl)nn1C. The molecule has 94 valence electrons. The van der Waals surface area contributed by atoms with Crippen LogP contribution in [0.2, 0.25) is 0 Å². The molecule has 0 saturated heterocycles. The van der Waals surface area contributed by atoms with Crippen LogP contribution in [0.25, 0.3) is 0 Å². The van der Waals surface area contributed by atoms with Crippen LogP contribution in [0.3, 0.4) is 0 Å². The lowest BCUT2D eigenvalue weighted by atomic mass is 10.6. The minimum absolute atomic E-state index is 0.119. The van der Waals surface area contributed by atoms with Crippen molar-refractivity contribution in [1.29, 1.82) is 0 Å². The first kappa shape index (κ1) is 13.8. The molecule has 8 heteroatoms. The highest BCUT2D eigenvalue weighted by Gasteiger charge is 2.07. The van der Waals surface area contributed by atoms with E-state index < -0.39 is 5.97 Å². The van der Waals surface area contributed by atoms with Gasteiger partial charge in [0.25, 0.3) is 0 Å². The van der Waals surface area contributed by atoms with Crippen LogP contribution in [0, 0.1) is 0 Å². The van der Waals surface area contributed by atoms with Gasteiger partial charge in [-0.05, 0) is 6.08 Å². The minimum atomic E-state index is -0.419. The number of aryl methyl sites for hydroxylation is 1. The lowest BCUT2D eigenvalue weighted by molar-refractivity contribution is -0.132. The van der Waals surface area contributed by atoms with Crippen LogP contribution in [0.15, 0.2) is 16.6 Å². The number of nitrogens with zero attached hydrogens (tertiary/aromatic N) is 2. The van der Waals surface area contributed by atoms with Crippen molar-refractivity contribution >= 4 is 35.0 Å². The zero-order valence-corrected chi connectivity index (χ0v) is 10.7. The Labute approximate surface area is 108 Å². The van der Waals surface area contributed by atoms with E-state index in [2.05, 4.69) is 10.6 Å². The molecule has 0 fully saturated rings. The molecule has 0 unspecified atom stereocenters. The molecule has 17 heavy (non-hydrogen) atoms. The van der Waals surface area contributed by atoms with Gasteiger partial charge in [-0.3, -0.25) is 9.63 Å². The monoisotopic (exact) mass is 279 g/mol. The molecule has 1 rings (SSSR count). The summed E-state index contributed by atoms with van der Waals surface area (Å²) in [6, 6.07) is 1.52. The molecule has 1 aromatic rings. The molecule has 0 radical (unpaired) electrons. The van der Waals surface area contributed by atoms with E-state index in [4.69, 9.17) is 32.8 Å². The number of esters is 1. The Morgan fingerprint density at radius 2 is 2.35 bits per heavy atom. The minimum Gasteiger partial charge on any atom is -0.408 e. The van der Waals surface area contributed by atoms with Gasteiger partial charge in [-0.1, -0.05) is 23.2 Å². The maximum absolute atomic E-state index is 10.8. The maximum Gasteiger partial charge on any atom is 0.309 e. The van der Waals surface area contributed by atoms with Gasteiger partial charge in [0.1, 0.15) is 4.49 Å². The first-order chi connectivity index (χ1) is 7.99. The number of ether oxygens (including phenoxy) is 1. The van der Waals surface area contributed by atoms with E-state index in [1.165, 1.54) is 23.7 Å². The molecule has 0 aliphatic carbocycles. The second kappa shape index (κ2) is 6.48. The summed E-state index contributed by atoms with van der Waals surface area (Å²) in [6.07, 6.45) is 1.46. The fraction of sp³-hybridized carbons (Fsp3) is 0.333. The fourth-order valence-corrected chi connectivity index (χ4v) is 1.09. The highest BCUT2D eigenvalue weighted by atomic mass is 35.5. The average molecular weight is 280 g/mol. The molecule has 0 atom stereocenters. The summed E-state index contributed by atoms with van der Waals surface area (Å²) in [7, 11) is 1.64. The van der Waals surface area contributed by atoms with Crippen LogP contribution in [0.1, 0.15) is 6.92 Å². The van der Waals surface area contributed by atoms with Crippen LogP contribution in [0.4, 0.5) is 5.82 Å². The summed E-state index contributed by atoms with van der Waals surface area (Å²) in [6.45, 7) is 1.49. The van der Waals surface area contributed by atoms with Gasteiger partial charge in [-0.15, -0.1) is 0 Å². The molecule has 1 aromatic heterocycles. The van der Waals surface area contributed by atoms with E-state index in [0.717, 1.165) is 0 Å². The van der Waals surface area contributed by atoms with E-state index >= 15 is 0 Å². The summed E-state index contributed by atoms with van der Waals surface area (Å²) in [5.74, 6) is 0.301. The van der Waals surface area contributed by atoms with E-state index in [9.17, 15) is 4.79 Å². The topological polar surface area (TPSA) is 65.4 Å². The summed E-state index contributed by atoms with van der Waals surface area (Å²) in [5, 5.41) is 4.00. The van der Waals surface area contributed by atoms with Crippen molar-refractivity contribution in [2.75, 3.05) is 12.1 Å². The standard InChI is InChI=1S/C9H11Cl2N3O3/c1-6(15)17-9-5-8(12-14(9)2)13-16-4-3-7(10)11/h3,5H,4H2,1-2H3,(H,12,13). The molecule has 0 spiro atoms. The first-order valence-electron chi connectivity index (χ1n) is 4.60. The molecule has 0 bridgehead atoms. The Bertz CT molecular complexity index is 427. The van der Waals surface area contributed by atoms with Crippen molar-refractivity contribution in [3.05, 3.63) is 16.6 Å². The molecule has 6 nitrogen and oxygen atoms in total. The smallest absolute Gasteiger partial charge is 0.309 e. The van der Waals surface area contributed by atoms with Crippen molar-refractivity contribution < 1.29 is 14.4 Å². The number of aromatic nitrogens is 2. The number of hydrogen-bond donors (Lipinski definition) is 1. The average Bonchev–Trinajstić information content (AvgIpc) is 2.53. The number of nitrogens with one attached hydrogen (secondary N) is 1. The van der Waals surface area contributed by atoms with E-state index in [0.29, 0.717) is 11.7 Å². The Hall–Kier alpha value is -1.24. The van der Waals surface area contributed by atoms with Gasteiger partial charge in [0, 0.05) is 20.0 Å². The molecular formula is C9H11Cl2N3O3. The number of carbonyl (C=O) groups is 1. The maximum atomic E-state index is 10.8. The zero-order chi connectivity index (χ0) is 12.8. The number of carbonyl (C=O) groups excluding carboxylic acids is 1. The number of halogens is 2. The molecule has 1 heterocycles. The summed E-state index contributed by atoms with van der Waals surface area (Å²) >= 11 is 10.8. The quantitative estimate of drug-likeness (QED) is 0.507. The van der Waals surface area contributed by atoms with E-state index in [1.54, 1.807) is 7.05 Å². The summed E-state index contributed by atoms with van der Waals surface area (Å²) in [5.41, 5.74) is 2.55. The van der Waals surface area contributed by atoms with Crippen LogP contribution < -0.4 is 10.2 Å². The predicted molar refractivity (Wildman–Crippen MR) is 63.9 cm³/mol. The van der Waals surface area contributed by atoms with Gasteiger partial charge in [0.2, 0.25) is 5.88 Å². The third-order valence-electron chi connectivity index (χ3n) is 1.58. The second-order valence-corrected chi connectivity index (χ2v) is 4.00. The van der Waals surface area contributed by atoms with Gasteiger partial charge in [-0.2, -0.15) is 5.10 Å². The lowest BCUT2D eigenvalue weighted by Crippen LogP contribution is -2.05. The van der Waals surface area contributed by atoms with Crippen LogP contribution >= 0.6 is 23.2 Å². The molecule has 1 N–H and O–H groups in total. The molecule has 0 aliphatic heterocycles. The van der Waals surface area contributed by atoms with Crippen molar-refractivity contribution in [2.45, 2.75) is 6.92 Å². The molecule has 0 aromatic carbocycles. The van der Waals surface area contributed by atoms with Crippen LogP contribution in [-0.2, 0) is 16.7 Å². The van der Waals surface area contributed by atoms with Gasteiger partial charge in [0.05, 0.1) is 6.61 Å².